The van der Waals surface area contributed by atoms with Gasteiger partial charge in [0.15, 0.2) is 5.82 Å². The molecule has 8 nitrogen and oxygen atoms in total. The van der Waals surface area contributed by atoms with Crippen molar-refractivity contribution in [1.82, 2.24) is 9.78 Å². The van der Waals surface area contributed by atoms with Crippen LogP contribution in [0.15, 0.2) is 54.7 Å². The first kappa shape index (κ1) is 28.1. The van der Waals surface area contributed by atoms with E-state index in [1.807, 2.05) is 51.1 Å². The molecule has 1 saturated carbocycles. The molecule has 39 heavy (non-hydrogen) atoms. The number of esters is 1. The van der Waals surface area contributed by atoms with E-state index in [0.717, 1.165) is 31.2 Å². The van der Waals surface area contributed by atoms with Crippen LogP contribution >= 0.6 is 0 Å². The summed E-state index contributed by atoms with van der Waals surface area (Å²) in [5.41, 5.74) is 3.16. The van der Waals surface area contributed by atoms with Crippen molar-refractivity contribution in [2.45, 2.75) is 66.3 Å². The Morgan fingerprint density at radius 1 is 1.08 bits per heavy atom. The number of nitrogens with one attached hydrogen (secondary N) is 1. The summed E-state index contributed by atoms with van der Waals surface area (Å²) < 4.78 is 6.91. The monoisotopic (exact) mass is 530 g/mol. The third-order valence-electron chi connectivity index (χ3n) is 7.21. The molecule has 4 rings (SSSR count). The molecule has 0 aliphatic heterocycles. The van der Waals surface area contributed by atoms with Gasteiger partial charge in [0.2, 0.25) is 5.91 Å². The van der Waals surface area contributed by atoms with Gasteiger partial charge in [0.25, 0.3) is 5.91 Å². The van der Waals surface area contributed by atoms with Crippen molar-refractivity contribution < 1.29 is 19.1 Å². The molecule has 0 atom stereocenters. The summed E-state index contributed by atoms with van der Waals surface area (Å²) in [7, 11) is 0. The standard InChI is InChI=1S/C31H38N4O4/c1-6-39-31(38)27-19-34(33-28(27)35(20(2)3)30(37)23-12-10-21(4)11-13-23)26-16-14-25(15-17-26)32-29(36)24-9-7-8-22(5)18-24/h7-9,14-21,23H,6,10-13H2,1-5H3,(H,32,36)/t21-,23-. The fourth-order valence-corrected chi connectivity index (χ4v) is 5.02. The van der Waals surface area contributed by atoms with Gasteiger partial charge in [0.05, 0.1) is 12.3 Å². The number of nitrogens with zero attached hydrogens (tertiary/aromatic N) is 3. The summed E-state index contributed by atoms with van der Waals surface area (Å²) in [5, 5.41) is 7.63. The van der Waals surface area contributed by atoms with Gasteiger partial charge in [-0.25, -0.2) is 9.48 Å². The molecular weight excluding hydrogens is 492 g/mol. The van der Waals surface area contributed by atoms with Crippen LogP contribution in [0.25, 0.3) is 5.69 Å². The Balaban J connectivity index is 1.61. The predicted molar refractivity (Wildman–Crippen MR) is 152 cm³/mol. The number of amides is 2. The molecule has 2 amide bonds. The number of anilines is 2. The molecule has 1 fully saturated rings. The molecule has 2 aromatic carbocycles. The number of hydrogen-bond donors (Lipinski definition) is 1. The molecule has 1 aromatic heterocycles. The largest absolute Gasteiger partial charge is 0.462 e. The second-order valence-corrected chi connectivity index (χ2v) is 10.7. The Morgan fingerprint density at radius 2 is 1.77 bits per heavy atom. The lowest BCUT2D eigenvalue weighted by molar-refractivity contribution is -0.124. The smallest absolute Gasteiger partial charge is 0.343 e. The topological polar surface area (TPSA) is 93.5 Å². The van der Waals surface area contributed by atoms with Gasteiger partial charge in [-0.2, -0.15) is 0 Å². The molecule has 206 valence electrons. The van der Waals surface area contributed by atoms with Crippen molar-refractivity contribution in [1.29, 1.82) is 0 Å². The third kappa shape index (κ3) is 6.56. The fraction of sp³-hybridized carbons (Fsp3) is 0.419. The van der Waals surface area contributed by atoms with Gasteiger partial charge in [-0.15, -0.1) is 5.10 Å². The molecule has 1 aliphatic carbocycles. The summed E-state index contributed by atoms with van der Waals surface area (Å²) in [6, 6.07) is 14.4. The van der Waals surface area contributed by atoms with E-state index in [-0.39, 0.29) is 35.9 Å². The number of carbonyl (C=O) groups excluding carboxylic acids is 3. The minimum absolute atomic E-state index is 0.00177. The summed E-state index contributed by atoms with van der Waals surface area (Å²) in [4.78, 5) is 40.9. The van der Waals surface area contributed by atoms with E-state index < -0.39 is 5.97 Å². The molecule has 3 aromatic rings. The van der Waals surface area contributed by atoms with E-state index in [0.29, 0.717) is 28.7 Å². The Morgan fingerprint density at radius 3 is 2.38 bits per heavy atom. The van der Waals surface area contributed by atoms with Crippen LogP contribution in [-0.4, -0.2) is 40.2 Å². The van der Waals surface area contributed by atoms with Gasteiger partial charge >= 0.3 is 5.97 Å². The predicted octanol–water partition coefficient (Wildman–Crippen LogP) is 6.18. The van der Waals surface area contributed by atoms with Gasteiger partial charge < -0.3 is 10.1 Å². The highest BCUT2D eigenvalue weighted by Crippen LogP contribution is 2.33. The maximum absolute atomic E-state index is 13.7. The van der Waals surface area contributed by atoms with Gasteiger partial charge in [-0.05, 0) is 95.7 Å². The molecule has 1 N–H and O–H groups in total. The highest BCUT2D eigenvalue weighted by atomic mass is 16.5. The van der Waals surface area contributed by atoms with Crippen LogP contribution in [0.1, 0.15) is 79.7 Å². The lowest BCUT2D eigenvalue weighted by Gasteiger charge is -2.32. The molecular formula is C31H38N4O4. The number of ether oxygens (including phenoxy) is 1. The average molecular weight is 531 g/mol. The van der Waals surface area contributed by atoms with Crippen molar-refractivity contribution in [3.05, 3.63) is 71.4 Å². The van der Waals surface area contributed by atoms with Crippen LogP contribution in [0.4, 0.5) is 11.5 Å². The average Bonchev–Trinajstić information content (AvgIpc) is 3.34. The number of aromatic nitrogens is 2. The Hall–Kier alpha value is -3.94. The maximum atomic E-state index is 13.7. The van der Waals surface area contributed by atoms with Gasteiger partial charge in [-0.1, -0.05) is 24.6 Å². The molecule has 8 heteroatoms. The second kappa shape index (κ2) is 12.3. The van der Waals surface area contributed by atoms with Crippen LogP contribution in [0, 0.1) is 18.8 Å². The lowest BCUT2D eigenvalue weighted by atomic mass is 9.82. The van der Waals surface area contributed by atoms with E-state index in [2.05, 4.69) is 12.2 Å². The minimum Gasteiger partial charge on any atom is -0.462 e. The minimum atomic E-state index is -0.517. The van der Waals surface area contributed by atoms with E-state index in [1.165, 1.54) is 0 Å². The highest BCUT2D eigenvalue weighted by molar-refractivity contribution is 6.04. The number of hydrogen-bond acceptors (Lipinski definition) is 5. The maximum Gasteiger partial charge on any atom is 0.343 e. The van der Waals surface area contributed by atoms with E-state index in [9.17, 15) is 14.4 Å². The molecule has 1 aliphatic rings. The normalized spacial score (nSPS) is 17.1. The molecule has 0 spiro atoms. The highest BCUT2D eigenvalue weighted by Gasteiger charge is 2.34. The van der Waals surface area contributed by atoms with E-state index >= 15 is 0 Å². The summed E-state index contributed by atoms with van der Waals surface area (Å²) in [6.45, 7) is 10.0. The van der Waals surface area contributed by atoms with Crippen molar-refractivity contribution in [2.24, 2.45) is 11.8 Å². The van der Waals surface area contributed by atoms with Crippen LogP contribution in [0.5, 0.6) is 0 Å². The number of benzene rings is 2. The van der Waals surface area contributed by atoms with Crippen molar-refractivity contribution >= 4 is 29.3 Å². The SMILES string of the molecule is CCOC(=O)c1cn(-c2ccc(NC(=O)c3cccc(C)c3)cc2)nc1N(C(=O)[C@H]1CC[C@H](C)CC1)C(C)C. The first-order valence-electron chi connectivity index (χ1n) is 13.8. The van der Waals surface area contributed by atoms with Crippen LogP contribution in [0.2, 0.25) is 0 Å². The molecule has 0 radical (unpaired) electrons. The fourth-order valence-electron chi connectivity index (χ4n) is 5.02. The summed E-state index contributed by atoms with van der Waals surface area (Å²) in [6.07, 6.45) is 5.34. The molecule has 0 bridgehead atoms. The molecule has 0 saturated heterocycles. The van der Waals surface area contributed by atoms with Crippen LogP contribution < -0.4 is 10.2 Å². The zero-order valence-corrected chi connectivity index (χ0v) is 23.4. The van der Waals surface area contributed by atoms with E-state index in [1.54, 1.807) is 40.9 Å². The number of aryl methyl sites for hydroxylation is 1. The number of carbonyl (C=O) groups is 3. The Bertz CT molecular complexity index is 1320. The lowest BCUT2D eigenvalue weighted by Crippen LogP contribution is -2.43. The van der Waals surface area contributed by atoms with Crippen molar-refractivity contribution in [3.8, 4) is 5.69 Å². The summed E-state index contributed by atoms with van der Waals surface area (Å²) in [5.74, 6) is 0.142. The first-order chi connectivity index (χ1) is 18.7. The zero-order valence-electron chi connectivity index (χ0n) is 23.4. The third-order valence-corrected chi connectivity index (χ3v) is 7.21. The van der Waals surface area contributed by atoms with Crippen molar-refractivity contribution in [3.63, 3.8) is 0 Å². The van der Waals surface area contributed by atoms with Gasteiger partial charge in [0, 0.05) is 29.4 Å². The van der Waals surface area contributed by atoms with E-state index in [4.69, 9.17) is 9.84 Å². The Labute approximate surface area is 230 Å². The molecule has 0 unspecified atom stereocenters. The zero-order chi connectivity index (χ0) is 28.1. The summed E-state index contributed by atoms with van der Waals surface area (Å²) >= 11 is 0. The Kier molecular flexibility index (Phi) is 8.84. The second-order valence-electron chi connectivity index (χ2n) is 10.7. The van der Waals surface area contributed by atoms with Crippen LogP contribution in [0.3, 0.4) is 0 Å². The van der Waals surface area contributed by atoms with Crippen molar-refractivity contribution in [2.75, 3.05) is 16.8 Å². The quantitative estimate of drug-likeness (QED) is 0.351. The van der Waals surface area contributed by atoms with Gasteiger partial charge in [-0.3, -0.25) is 14.5 Å². The first-order valence-corrected chi connectivity index (χ1v) is 13.8. The van der Waals surface area contributed by atoms with Gasteiger partial charge in [0.1, 0.15) is 5.56 Å². The van der Waals surface area contributed by atoms with Crippen LogP contribution in [-0.2, 0) is 9.53 Å². The molecule has 1 heterocycles. The number of rotatable bonds is 8.